The fourth-order valence-electron chi connectivity index (χ4n) is 3.90. The van der Waals surface area contributed by atoms with Crippen LogP contribution in [0, 0.1) is 6.92 Å². The van der Waals surface area contributed by atoms with Crippen LogP contribution in [0.1, 0.15) is 42.5 Å². The Bertz CT molecular complexity index is 784. The quantitative estimate of drug-likeness (QED) is 0.496. The molecule has 1 heterocycles. The highest BCUT2D eigenvalue weighted by Crippen LogP contribution is 2.25. The van der Waals surface area contributed by atoms with Crippen LogP contribution >= 0.6 is 0 Å². The Kier molecular flexibility index (Phi) is 7.67. The van der Waals surface area contributed by atoms with Crippen LogP contribution in [0.3, 0.4) is 0 Å². The van der Waals surface area contributed by atoms with Crippen LogP contribution in [0.15, 0.2) is 59.6 Å². The van der Waals surface area contributed by atoms with Crippen molar-refractivity contribution in [3.05, 3.63) is 71.3 Å². The van der Waals surface area contributed by atoms with Crippen LogP contribution in [0.25, 0.3) is 0 Å². The van der Waals surface area contributed by atoms with E-state index in [0.29, 0.717) is 0 Å². The lowest BCUT2D eigenvalue weighted by atomic mass is 9.88. The molecular weight excluding hydrogens is 360 g/mol. The minimum atomic E-state index is -0.0194. The molecule has 1 atom stereocenters. The van der Waals surface area contributed by atoms with Crippen LogP contribution in [0.5, 0.6) is 0 Å². The molecule has 0 amide bonds. The summed E-state index contributed by atoms with van der Waals surface area (Å²) in [5.74, 6) is 0.825. The molecule has 0 aromatic heterocycles. The van der Waals surface area contributed by atoms with Gasteiger partial charge in [-0.1, -0.05) is 60.2 Å². The smallest absolute Gasteiger partial charge is 0.191 e. The van der Waals surface area contributed by atoms with Gasteiger partial charge in [-0.3, -0.25) is 4.99 Å². The van der Waals surface area contributed by atoms with E-state index in [2.05, 4.69) is 89.4 Å². The Balaban J connectivity index is 1.60. The summed E-state index contributed by atoms with van der Waals surface area (Å²) >= 11 is 0. The van der Waals surface area contributed by atoms with Gasteiger partial charge in [0.15, 0.2) is 5.96 Å². The second-order valence-electron chi connectivity index (χ2n) is 7.94. The highest BCUT2D eigenvalue weighted by molar-refractivity contribution is 5.79. The molecule has 0 bridgehead atoms. The van der Waals surface area contributed by atoms with Crippen molar-refractivity contribution in [1.82, 2.24) is 16.0 Å². The summed E-state index contributed by atoms with van der Waals surface area (Å²) in [5.41, 5.74) is 3.81. The normalized spacial score (nSPS) is 17.6. The van der Waals surface area contributed by atoms with E-state index in [1.165, 1.54) is 16.7 Å². The van der Waals surface area contributed by atoms with E-state index in [4.69, 9.17) is 4.74 Å². The van der Waals surface area contributed by atoms with E-state index in [0.717, 1.165) is 45.1 Å². The minimum Gasteiger partial charge on any atom is -0.381 e. The van der Waals surface area contributed by atoms with Gasteiger partial charge in [0.2, 0.25) is 0 Å². The number of guanidine groups is 1. The molecule has 1 aliphatic heterocycles. The monoisotopic (exact) mass is 394 g/mol. The van der Waals surface area contributed by atoms with Crippen molar-refractivity contribution in [2.24, 2.45) is 4.99 Å². The molecule has 0 saturated carbocycles. The number of aryl methyl sites for hydroxylation is 1. The Morgan fingerprint density at radius 1 is 1.07 bits per heavy atom. The lowest BCUT2D eigenvalue weighted by Gasteiger charge is -2.41. The van der Waals surface area contributed by atoms with Crippen molar-refractivity contribution in [2.45, 2.75) is 44.8 Å². The average molecular weight is 395 g/mol. The first-order valence-corrected chi connectivity index (χ1v) is 10.5. The summed E-state index contributed by atoms with van der Waals surface area (Å²) < 4.78 is 5.65. The van der Waals surface area contributed by atoms with Crippen molar-refractivity contribution in [3.63, 3.8) is 0 Å². The number of ether oxygens (including phenoxy) is 1. The largest absolute Gasteiger partial charge is 0.381 e. The van der Waals surface area contributed by atoms with Gasteiger partial charge < -0.3 is 20.7 Å². The van der Waals surface area contributed by atoms with Crippen LogP contribution < -0.4 is 16.0 Å². The molecule has 1 aliphatic rings. The van der Waals surface area contributed by atoms with Gasteiger partial charge >= 0.3 is 0 Å². The second-order valence-corrected chi connectivity index (χ2v) is 7.94. The summed E-state index contributed by atoms with van der Waals surface area (Å²) in [5, 5.41) is 10.9. The van der Waals surface area contributed by atoms with E-state index in [9.17, 15) is 0 Å². The fraction of sp³-hybridized carbons (Fsp3) is 0.458. The first kappa shape index (κ1) is 21.3. The highest BCUT2D eigenvalue weighted by atomic mass is 16.5. The molecule has 0 spiro atoms. The van der Waals surface area contributed by atoms with Crippen LogP contribution in [-0.2, 0) is 11.3 Å². The number of benzene rings is 2. The average Bonchev–Trinajstić information content (AvgIpc) is 2.75. The standard InChI is InChI=1S/C24H34N4O/c1-19-8-7-9-21(16-19)17-26-23(25-3)27-18-24(12-14-29-15-13-24)28-20(2)22-10-5-4-6-11-22/h4-11,16,20,28H,12-15,17-18H2,1-3H3,(H2,25,26,27). The molecule has 2 aromatic carbocycles. The van der Waals surface area contributed by atoms with Crippen molar-refractivity contribution in [2.75, 3.05) is 26.8 Å². The third-order valence-corrected chi connectivity index (χ3v) is 5.63. The van der Waals surface area contributed by atoms with Crippen LogP contribution in [-0.4, -0.2) is 38.3 Å². The Morgan fingerprint density at radius 3 is 2.52 bits per heavy atom. The zero-order valence-electron chi connectivity index (χ0n) is 17.9. The summed E-state index contributed by atoms with van der Waals surface area (Å²) in [6, 6.07) is 19.4. The van der Waals surface area contributed by atoms with Gasteiger partial charge in [-0.25, -0.2) is 0 Å². The van der Waals surface area contributed by atoms with Crippen LogP contribution in [0.4, 0.5) is 0 Å². The number of nitrogens with one attached hydrogen (secondary N) is 3. The molecule has 1 unspecified atom stereocenters. The minimum absolute atomic E-state index is 0.0194. The molecule has 0 aliphatic carbocycles. The van der Waals surface area contributed by atoms with Gasteiger partial charge in [0.05, 0.1) is 0 Å². The zero-order valence-corrected chi connectivity index (χ0v) is 17.9. The highest BCUT2D eigenvalue weighted by Gasteiger charge is 2.34. The van der Waals surface area contributed by atoms with Crippen molar-refractivity contribution >= 4 is 5.96 Å². The number of hydrogen-bond donors (Lipinski definition) is 3. The number of nitrogens with zero attached hydrogens (tertiary/aromatic N) is 1. The fourth-order valence-corrected chi connectivity index (χ4v) is 3.90. The van der Waals surface area contributed by atoms with Gasteiger partial charge in [0.1, 0.15) is 0 Å². The molecule has 29 heavy (non-hydrogen) atoms. The number of rotatable bonds is 7. The van der Waals surface area contributed by atoms with Gasteiger partial charge in [-0.05, 0) is 37.8 Å². The lowest BCUT2D eigenvalue weighted by Crippen LogP contribution is -2.58. The summed E-state index contributed by atoms with van der Waals surface area (Å²) in [4.78, 5) is 4.41. The first-order chi connectivity index (χ1) is 14.1. The van der Waals surface area contributed by atoms with E-state index in [1.54, 1.807) is 0 Å². The van der Waals surface area contributed by atoms with E-state index >= 15 is 0 Å². The SMILES string of the molecule is CN=C(NCc1cccc(C)c1)NCC1(NC(C)c2ccccc2)CCOCC1. The molecule has 1 fully saturated rings. The van der Waals surface area contributed by atoms with E-state index in [1.807, 2.05) is 7.05 Å². The molecule has 5 heteroatoms. The first-order valence-electron chi connectivity index (χ1n) is 10.5. The Morgan fingerprint density at radius 2 is 1.83 bits per heavy atom. The predicted molar refractivity (Wildman–Crippen MR) is 120 cm³/mol. The molecule has 3 N–H and O–H groups in total. The molecular formula is C24H34N4O. The van der Waals surface area contributed by atoms with Gasteiger partial charge in [-0.2, -0.15) is 0 Å². The van der Waals surface area contributed by atoms with E-state index < -0.39 is 0 Å². The maximum atomic E-state index is 5.65. The maximum Gasteiger partial charge on any atom is 0.191 e. The Labute approximate surface area is 175 Å². The van der Waals surface area contributed by atoms with Gasteiger partial charge in [-0.15, -0.1) is 0 Å². The topological polar surface area (TPSA) is 57.7 Å². The van der Waals surface area contributed by atoms with Crippen molar-refractivity contribution < 1.29 is 4.74 Å². The molecule has 2 aromatic rings. The molecule has 5 nitrogen and oxygen atoms in total. The predicted octanol–water partition coefficient (Wildman–Crippen LogP) is 3.56. The number of hydrogen-bond acceptors (Lipinski definition) is 3. The van der Waals surface area contributed by atoms with Crippen molar-refractivity contribution in [1.29, 1.82) is 0 Å². The van der Waals surface area contributed by atoms with Crippen molar-refractivity contribution in [3.8, 4) is 0 Å². The van der Waals surface area contributed by atoms with E-state index in [-0.39, 0.29) is 11.6 Å². The second kappa shape index (κ2) is 10.4. The summed E-state index contributed by atoms with van der Waals surface area (Å²) in [6.45, 7) is 7.48. The van der Waals surface area contributed by atoms with Gasteiger partial charge in [0, 0.05) is 44.9 Å². The van der Waals surface area contributed by atoms with Gasteiger partial charge in [0.25, 0.3) is 0 Å². The van der Waals surface area contributed by atoms with Crippen LogP contribution in [0.2, 0.25) is 0 Å². The summed E-state index contributed by atoms with van der Waals surface area (Å²) in [7, 11) is 1.82. The lowest BCUT2D eigenvalue weighted by molar-refractivity contribution is 0.0355. The molecule has 0 radical (unpaired) electrons. The molecule has 156 valence electrons. The maximum absolute atomic E-state index is 5.65. The third-order valence-electron chi connectivity index (χ3n) is 5.63. The Hall–Kier alpha value is -2.37. The number of aliphatic imine (C=N–C) groups is 1. The summed E-state index contributed by atoms with van der Waals surface area (Å²) in [6.07, 6.45) is 1.96. The molecule has 1 saturated heterocycles. The zero-order chi connectivity index (χ0) is 20.5. The third kappa shape index (κ3) is 6.31. The molecule has 3 rings (SSSR count).